The lowest BCUT2D eigenvalue weighted by Crippen LogP contribution is -2.43. The summed E-state index contributed by atoms with van der Waals surface area (Å²) in [6.07, 6.45) is 6.75. The SMILES string of the molecule is CCCC1CCC(CCC)(COC(C)=O)OC1. The number of rotatable bonds is 6. The largest absolute Gasteiger partial charge is 0.463 e. The van der Waals surface area contributed by atoms with Crippen LogP contribution >= 0.6 is 0 Å². The van der Waals surface area contributed by atoms with Crippen LogP contribution in [0.2, 0.25) is 0 Å². The van der Waals surface area contributed by atoms with Crippen LogP contribution < -0.4 is 0 Å². The molecule has 0 aliphatic carbocycles. The molecule has 0 amide bonds. The third-order valence-corrected chi connectivity index (χ3v) is 3.57. The third kappa shape index (κ3) is 4.66. The first-order chi connectivity index (χ1) is 8.12. The van der Waals surface area contributed by atoms with E-state index in [1.54, 1.807) is 0 Å². The lowest BCUT2D eigenvalue weighted by atomic mass is 9.84. The Kier molecular flexibility index (Phi) is 5.96. The van der Waals surface area contributed by atoms with Gasteiger partial charge in [-0.25, -0.2) is 0 Å². The molecule has 17 heavy (non-hydrogen) atoms. The van der Waals surface area contributed by atoms with Crippen molar-refractivity contribution >= 4 is 5.97 Å². The van der Waals surface area contributed by atoms with Gasteiger partial charge in [-0.3, -0.25) is 4.79 Å². The van der Waals surface area contributed by atoms with E-state index in [-0.39, 0.29) is 11.6 Å². The number of esters is 1. The predicted molar refractivity (Wildman–Crippen MR) is 67.9 cm³/mol. The molecule has 0 bridgehead atoms. The van der Waals surface area contributed by atoms with Crippen LogP contribution in [0, 0.1) is 5.92 Å². The monoisotopic (exact) mass is 242 g/mol. The summed E-state index contributed by atoms with van der Waals surface area (Å²) in [6.45, 7) is 7.08. The van der Waals surface area contributed by atoms with E-state index in [4.69, 9.17) is 9.47 Å². The standard InChI is InChI=1S/C14H26O3/c1-4-6-13-7-9-14(8-5-2,17-10-13)11-16-12(3)15/h13H,4-11H2,1-3H3. The van der Waals surface area contributed by atoms with Gasteiger partial charge in [-0.1, -0.05) is 26.7 Å². The topological polar surface area (TPSA) is 35.5 Å². The van der Waals surface area contributed by atoms with E-state index in [1.807, 2.05) is 0 Å². The highest BCUT2D eigenvalue weighted by Gasteiger charge is 2.36. The van der Waals surface area contributed by atoms with Gasteiger partial charge in [-0.15, -0.1) is 0 Å². The number of ether oxygens (including phenoxy) is 2. The van der Waals surface area contributed by atoms with E-state index in [0.717, 1.165) is 25.9 Å². The molecule has 0 N–H and O–H groups in total. The molecular weight excluding hydrogens is 216 g/mol. The molecule has 0 radical (unpaired) electrons. The Labute approximate surface area is 105 Å². The fourth-order valence-corrected chi connectivity index (χ4v) is 2.63. The molecule has 100 valence electrons. The Morgan fingerprint density at radius 1 is 1.41 bits per heavy atom. The van der Waals surface area contributed by atoms with Crippen LogP contribution in [0.15, 0.2) is 0 Å². The van der Waals surface area contributed by atoms with Crippen LogP contribution in [0.1, 0.15) is 59.3 Å². The summed E-state index contributed by atoms with van der Waals surface area (Å²) in [6, 6.07) is 0. The summed E-state index contributed by atoms with van der Waals surface area (Å²) in [5.74, 6) is 0.488. The fraction of sp³-hybridized carbons (Fsp3) is 0.929. The van der Waals surface area contributed by atoms with Crippen molar-refractivity contribution in [1.82, 2.24) is 0 Å². The number of carbonyl (C=O) groups excluding carboxylic acids is 1. The van der Waals surface area contributed by atoms with Gasteiger partial charge in [0, 0.05) is 6.92 Å². The van der Waals surface area contributed by atoms with Crippen molar-refractivity contribution in [3.63, 3.8) is 0 Å². The maximum absolute atomic E-state index is 10.9. The molecule has 2 unspecified atom stereocenters. The second-order valence-electron chi connectivity index (χ2n) is 5.22. The molecule has 1 heterocycles. The van der Waals surface area contributed by atoms with E-state index in [2.05, 4.69) is 13.8 Å². The molecule has 3 nitrogen and oxygen atoms in total. The lowest BCUT2D eigenvalue weighted by Gasteiger charge is -2.39. The Balaban J connectivity index is 2.47. The highest BCUT2D eigenvalue weighted by molar-refractivity contribution is 5.65. The first-order valence-electron chi connectivity index (χ1n) is 6.89. The molecular formula is C14H26O3. The lowest BCUT2D eigenvalue weighted by molar-refractivity contribution is -0.166. The van der Waals surface area contributed by atoms with Crippen molar-refractivity contribution in [2.45, 2.75) is 64.9 Å². The molecule has 3 heteroatoms. The number of hydrogen-bond acceptors (Lipinski definition) is 3. The molecule has 0 aromatic carbocycles. The second kappa shape index (κ2) is 7.00. The molecule has 2 atom stereocenters. The normalized spacial score (nSPS) is 29.0. The summed E-state index contributed by atoms with van der Waals surface area (Å²) >= 11 is 0. The van der Waals surface area contributed by atoms with E-state index in [9.17, 15) is 4.79 Å². The molecule has 1 fully saturated rings. The minimum absolute atomic E-state index is 0.204. The van der Waals surface area contributed by atoms with Gasteiger partial charge in [-0.2, -0.15) is 0 Å². The maximum Gasteiger partial charge on any atom is 0.302 e. The van der Waals surface area contributed by atoms with Gasteiger partial charge in [-0.05, 0) is 31.6 Å². The zero-order valence-electron chi connectivity index (χ0n) is 11.5. The predicted octanol–water partition coefficient (Wildman–Crippen LogP) is 3.32. The fourth-order valence-electron chi connectivity index (χ4n) is 2.63. The van der Waals surface area contributed by atoms with Gasteiger partial charge in [0.2, 0.25) is 0 Å². The maximum atomic E-state index is 10.9. The van der Waals surface area contributed by atoms with E-state index >= 15 is 0 Å². The summed E-state index contributed by atoms with van der Waals surface area (Å²) in [7, 11) is 0. The Bertz CT molecular complexity index is 230. The minimum Gasteiger partial charge on any atom is -0.463 e. The van der Waals surface area contributed by atoms with Crippen LogP contribution in [-0.4, -0.2) is 24.8 Å². The molecule has 1 rings (SSSR count). The van der Waals surface area contributed by atoms with Gasteiger partial charge in [0.25, 0.3) is 0 Å². The summed E-state index contributed by atoms with van der Waals surface area (Å²) in [5, 5.41) is 0. The van der Waals surface area contributed by atoms with Crippen molar-refractivity contribution in [2.75, 3.05) is 13.2 Å². The van der Waals surface area contributed by atoms with Crippen molar-refractivity contribution in [3.8, 4) is 0 Å². The van der Waals surface area contributed by atoms with Gasteiger partial charge >= 0.3 is 5.97 Å². The first kappa shape index (κ1) is 14.5. The van der Waals surface area contributed by atoms with Gasteiger partial charge < -0.3 is 9.47 Å². The zero-order valence-corrected chi connectivity index (χ0v) is 11.5. The zero-order chi connectivity index (χ0) is 12.7. The van der Waals surface area contributed by atoms with E-state index in [1.165, 1.54) is 26.2 Å². The number of hydrogen-bond donors (Lipinski definition) is 0. The average molecular weight is 242 g/mol. The molecule has 0 aromatic heterocycles. The first-order valence-corrected chi connectivity index (χ1v) is 6.89. The van der Waals surface area contributed by atoms with Crippen molar-refractivity contribution < 1.29 is 14.3 Å². The average Bonchev–Trinajstić information content (AvgIpc) is 2.30. The van der Waals surface area contributed by atoms with Crippen LogP contribution in [0.3, 0.4) is 0 Å². The molecule has 1 saturated heterocycles. The van der Waals surface area contributed by atoms with Crippen molar-refractivity contribution in [2.24, 2.45) is 5.92 Å². The molecule has 1 aliphatic rings. The number of carbonyl (C=O) groups is 1. The highest BCUT2D eigenvalue weighted by Crippen LogP contribution is 2.34. The van der Waals surface area contributed by atoms with Crippen LogP contribution in [-0.2, 0) is 14.3 Å². The Morgan fingerprint density at radius 2 is 2.18 bits per heavy atom. The minimum atomic E-state index is -0.209. The molecule has 1 aliphatic heterocycles. The van der Waals surface area contributed by atoms with Crippen molar-refractivity contribution in [1.29, 1.82) is 0 Å². The van der Waals surface area contributed by atoms with Gasteiger partial charge in [0.15, 0.2) is 0 Å². The summed E-state index contributed by atoms with van der Waals surface area (Å²) in [4.78, 5) is 10.9. The quantitative estimate of drug-likeness (QED) is 0.670. The third-order valence-electron chi connectivity index (χ3n) is 3.57. The molecule has 0 aromatic rings. The van der Waals surface area contributed by atoms with Crippen LogP contribution in [0.25, 0.3) is 0 Å². The molecule has 0 spiro atoms. The Morgan fingerprint density at radius 3 is 2.65 bits per heavy atom. The second-order valence-corrected chi connectivity index (χ2v) is 5.22. The van der Waals surface area contributed by atoms with Crippen molar-refractivity contribution in [3.05, 3.63) is 0 Å². The molecule has 0 saturated carbocycles. The van der Waals surface area contributed by atoms with Gasteiger partial charge in [0.05, 0.1) is 6.61 Å². The van der Waals surface area contributed by atoms with Crippen LogP contribution in [0.4, 0.5) is 0 Å². The summed E-state index contributed by atoms with van der Waals surface area (Å²) in [5.41, 5.74) is -0.204. The summed E-state index contributed by atoms with van der Waals surface area (Å²) < 4.78 is 11.2. The van der Waals surface area contributed by atoms with Gasteiger partial charge in [0.1, 0.15) is 12.2 Å². The Hall–Kier alpha value is -0.570. The highest BCUT2D eigenvalue weighted by atomic mass is 16.6. The van der Waals surface area contributed by atoms with E-state index < -0.39 is 0 Å². The van der Waals surface area contributed by atoms with Crippen LogP contribution in [0.5, 0.6) is 0 Å². The smallest absolute Gasteiger partial charge is 0.302 e. The van der Waals surface area contributed by atoms with E-state index in [0.29, 0.717) is 12.5 Å².